The second-order valence-electron chi connectivity index (χ2n) is 8.21. The van der Waals surface area contributed by atoms with Crippen LogP contribution in [0.2, 0.25) is 0 Å². The molecule has 0 heterocycles. The number of aliphatic hydroxyl groups excluding tert-OH is 1. The van der Waals surface area contributed by atoms with E-state index < -0.39 is 0 Å². The minimum absolute atomic E-state index is 0.0602. The summed E-state index contributed by atoms with van der Waals surface area (Å²) >= 11 is 0. The Morgan fingerprint density at radius 2 is 2.00 bits per heavy atom. The van der Waals surface area contributed by atoms with Gasteiger partial charge < -0.3 is 5.11 Å². The monoisotopic (exact) mass is 289 g/mol. The van der Waals surface area contributed by atoms with Crippen LogP contribution >= 0.6 is 0 Å². The summed E-state index contributed by atoms with van der Waals surface area (Å²) in [6, 6.07) is -0.0602. The highest BCUT2D eigenvalue weighted by Gasteiger charge is 2.55. The van der Waals surface area contributed by atoms with E-state index in [1.807, 2.05) is 0 Å². The average molecular weight is 289 g/mol. The highest BCUT2D eigenvalue weighted by molar-refractivity contribution is 5.21. The molecule has 1 N–H and O–H groups in total. The van der Waals surface area contributed by atoms with Crippen molar-refractivity contribution in [1.29, 1.82) is 0 Å². The zero-order valence-corrected chi connectivity index (χ0v) is 13.0. The Hall–Kier alpha value is -0.700. The lowest BCUT2D eigenvalue weighted by molar-refractivity contribution is -0.0535. The summed E-state index contributed by atoms with van der Waals surface area (Å²) in [5, 5.41) is 13.7. The summed E-state index contributed by atoms with van der Waals surface area (Å²) in [5.74, 6) is 3.06. The number of nitroso groups, excluding NO2 is 1. The SMILES string of the molecule is C[C@]12CCC3C4CCC(N=O)C=C4CCC3C1CCC2O. The van der Waals surface area contributed by atoms with Crippen molar-refractivity contribution in [2.24, 2.45) is 34.3 Å². The first-order chi connectivity index (χ1) is 10.1. The van der Waals surface area contributed by atoms with Gasteiger partial charge in [0.15, 0.2) is 0 Å². The standard InChI is InChI=1S/C18H27NO2/c1-18-9-8-14-13-5-3-12(19-21)10-11(13)2-4-15(14)16(18)6-7-17(18)20/h10,12-17,20H,2-9H2,1H3/t12?,13?,14?,15?,16?,17?,18-/m0/s1. The maximum absolute atomic E-state index is 10.8. The van der Waals surface area contributed by atoms with Crippen LogP contribution in [-0.2, 0) is 0 Å². The van der Waals surface area contributed by atoms with E-state index in [0.29, 0.717) is 5.92 Å². The van der Waals surface area contributed by atoms with E-state index >= 15 is 0 Å². The molecule has 6 unspecified atom stereocenters. The van der Waals surface area contributed by atoms with Crippen LogP contribution < -0.4 is 0 Å². The van der Waals surface area contributed by atoms with Crippen LogP contribution in [0.4, 0.5) is 0 Å². The summed E-state index contributed by atoms with van der Waals surface area (Å²) in [6.45, 7) is 2.34. The van der Waals surface area contributed by atoms with Gasteiger partial charge in [0.25, 0.3) is 0 Å². The predicted octanol–water partition coefficient (Wildman–Crippen LogP) is 4.06. The third kappa shape index (κ3) is 1.96. The molecule has 0 aromatic heterocycles. The van der Waals surface area contributed by atoms with Crippen LogP contribution in [0, 0.1) is 34.0 Å². The molecule has 4 aliphatic rings. The Balaban J connectivity index is 1.60. The van der Waals surface area contributed by atoms with Crippen molar-refractivity contribution < 1.29 is 5.11 Å². The van der Waals surface area contributed by atoms with Crippen LogP contribution in [0.5, 0.6) is 0 Å². The fourth-order valence-corrected chi connectivity index (χ4v) is 6.37. The molecular formula is C18H27NO2. The van der Waals surface area contributed by atoms with Gasteiger partial charge in [0.1, 0.15) is 6.04 Å². The first kappa shape index (κ1) is 13.9. The summed E-state index contributed by atoms with van der Waals surface area (Å²) in [5.41, 5.74) is 1.72. The largest absolute Gasteiger partial charge is 0.393 e. The van der Waals surface area contributed by atoms with Gasteiger partial charge >= 0.3 is 0 Å². The minimum atomic E-state index is -0.0737. The molecule has 3 heteroatoms. The summed E-state index contributed by atoms with van der Waals surface area (Å²) in [7, 11) is 0. The van der Waals surface area contributed by atoms with Crippen LogP contribution in [0.1, 0.15) is 58.3 Å². The Labute approximate surface area is 127 Å². The van der Waals surface area contributed by atoms with Crippen molar-refractivity contribution >= 4 is 0 Å². The lowest BCUT2D eigenvalue weighted by Gasteiger charge is -2.53. The van der Waals surface area contributed by atoms with Crippen LogP contribution in [0.15, 0.2) is 16.8 Å². The highest BCUT2D eigenvalue weighted by atomic mass is 16.3. The molecule has 3 fully saturated rings. The van der Waals surface area contributed by atoms with Crippen molar-refractivity contribution in [2.75, 3.05) is 0 Å². The first-order valence-corrected chi connectivity index (χ1v) is 8.84. The first-order valence-electron chi connectivity index (χ1n) is 8.84. The van der Waals surface area contributed by atoms with Crippen molar-refractivity contribution in [3.05, 3.63) is 16.6 Å². The van der Waals surface area contributed by atoms with Crippen LogP contribution in [-0.4, -0.2) is 17.3 Å². The van der Waals surface area contributed by atoms with E-state index in [9.17, 15) is 10.0 Å². The van der Waals surface area contributed by atoms with Gasteiger partial charge in [-0.1, -0.05) is 23.7 Å². The molecule has 0 aromatic rings. The number of rotatable bonds is 1. The van der Waals surface area contributed by atoms with Crippen LogP contribution in [0.25, 0.3) is 0 Å². The average Bonchev–Trinajstić information content (AvgIpc) is 2.82. The predicted molar refractivity (Wildman–Crippen MR) is 82.7 cm³/mol. The molecule has 21 heavy (non-hydrogen) atoms. The van der Waals surface area contributed by atoms with Gasteiger partial charge in [0.05, 0.1) is 6.10 Å². The number of hydrogen-bond donors (Lipinski definition) is 1. The molecule has 3 nitrogen and oxygen atoms in total. The Bertz CT molecular complexity index is 474. The zero-order chi connectivity index (χ0) is 14.6. The van der Waals surface area contributed by atoms with Crippen molar-refractivity contribution in [2.45, 2.75) is 70.4 Å². The molecule has 0 spiro atoms. The van der Waals surface area contributed by atoms with E-state index in [1.54, 1.807) is 0 Å². The molecule has 3 saturated carbocycles. The normalized spacial score (nSPS) is 52.4. The van der Waals surface area contributed by atoms with Gasteiger partial charge in [-0.2, -0.15) is 4.91 Å². The smallest absolute Gasteiger partial charge is 0.110 e. The van der Waals surface area contributed by atoms with E-state index in [1.165, 1.54) is 37.7 Å². The van der Waals surface area contributed by atoms with Crippen molar-refractivity contribution in [3.63, 3.8) is 0 Å². The van der Waals surface area contributed by atoms with Gasteiger partial charge in [-0.3, -0.25) is 0 Å². The van der Waals surface area contributed by atoms with E-state index in [-0.39, 0.29) is 17.6 Å². The van der Waals surface area contributed by atoms with Crippen molar-refractivity contribution in [1.82, 2.24) is 0 Å². The molecule has 116 valence electrons. The topological polar surface area (TPSA) is 49.7 Å². The molecule has 4 aliphatic carbocycles. The molecule has 0 radical (unpaired) electrons. The van der Waals surface area contributed by atoms with E-state index in [0.717, 1.165) is 37.0 Å². The second kappa shape index (κ2) is 4.91. The van der Waals surface area contributed by atoms with Crippen LogP contribution in [0.3, 0.4) is 0 Å². The second-order valence-corrected chi connectivity index (χ2v) is 8.21. The Kier molecular flexibility index (Phi) is 3.25. The third-order valence-electron chi connectivity index (χ3n) is 7.52. The molecule has 7 atom stereocenters. The quantitative estimate of drug-likeness (QED) is 0.584. The zero-order valence-electron chi connectivity index (χ0n) is 13.0. The summed E-state index contributed by atoms with van der Waals surface area (Å²) in [6.07, 6.45) is 11.4. The third-order valence-corrected chi connectivity index (χ3v) is 7.52. The fraction of sp³-hybridized carbons (Fsp3) is 0.889. The molecule has 0 saturated heterocycles. The molecule has 0 bridgehead atoms. The molecule has 0 aromatic carbocycles. The fourth-order valence-electron chi connectivity index (χ4n) is 6.37. The Morgan fingerprint density at radius 1 is 1.14 bits per heavy atom. The number of nitrogens with zero attached hydrogens (tertiary/aromatic N) is 1. The van der Waals surface area contributed by atoms with Gasteiger partial charge in [-0.25, -0.2) is 0 Å². The van der Waals surface area contributed by atoms with Crippen molar-refractivity contribution in [3.8, 4) is 0 Å². The highest BCUT2D eigenvalue weighted by Crippen LogP contribution is 2.61. The molecule has 0 amide bonds. The Morgan fingerprint density at radius 3 is 2.81 bits per heavy atom. The van der Waals surface area contributed by atoms with Gasteiger partial charge in [-0.15, -0.1) is 0 Å². The number of allylic oxidation sites excluding steroid dienone is 1. The minimum Gasteiger partial charge on any atom is -0.393 e. The van der Waals surface area contributed by atoms with Gasteiger partial charge in [-0.05, 0) is 80.5 Å². The van der Waals surface area contributed by atoms with Gasteiger partial charge in [0.2, 0.25) is 0 Å². The number of fused-ring (bicyclic) bond motifs is 5. The maximum Gasteiger partial charge on any atom is 0.110 e. The summed E-state index contributed by atoms with van der Waals surface area (Å²) < 4.78 is 0. The summed E-state index contributed by atoms with van der Waals surface area (Å²) in [4.78, 5) is 10.8. The maximum atomic E-state index is 10.8. The lowest BCUT2D eigenvalue weighted by Crippen LogP contribution is -2.47. The number of hydrogen-bond acceptors (Lipinski definition) is 3. The molecule has 4 rings (SSSR count). The molecular weight excluding hydrogens is 262 g/mol. The van der Waals surface area contributed by atoms with E-state index in [4.69, 9.17) is 0 Å². The lowest BCUT2D eigenvalue weighted by atomic mass is 9.52. The van der Waals surface area contributed by atoms with Gasteiger partial charge in [0, 0.05) is 0 Å². The number of aliphatic hydroxyl groups is 1. The van der Waals surface area contributed by atoms with E-state index in [2.05, 4.69) is 18.2 Å². The molecule has 0 aliphatic heterocycles.